The third-order valence-corrected chi connectivity index (χ3v) is 2.66. The fourth-order valence-corrected chi connectivity index (χ4v) is 1.21. The number of hydrogen-bond acceptors (Lipinski definition) is 2. The number of rotatable bonds is 3. The molecule has 0 aromatic heterocycles. The second kappa shape index (κ2) is 3.69. The molecule has 1 aliphatic rings. The van der Waals surface area contributed by atoms with Crippen molar-refractivity contribution >= 4 is 0 Å². The lowest BCUT2D eigenvalue weighted by Gasteiger charge is -2.24. The summed E-state index contributed by atoms with van der Waals surface area (Å²) in [4.78, 5) is 0. The fraction of sp³-hybridized carbons (Fsp3) is 0.818. The second-order valence-electron chi connectivity index (χ2n) is 3.79. The highest BCUT2D eigenvalue weighted by molar-refractivity contribution is 5.27. The highest BCUT2D eigenvalue weighted by Crippen LogP contribution is 2.39. The van der Waals surface area contributed by atoms with Crippen molar-refractivity contribution in [3.63, 3.8) is 0 Å². The first-order valence-electron chi connectivity index (χ1n) is 4.94. The van der Waals surface area contributed by atoms with E-state index in [2.05, 4.69) is 18.8 Å². The van der Waals surface area contributed by atoms with Crippen molar-refractivity contribution in [2.75, 3.05) is 6.61 Å². The zero-order valence-corrected chi connectivity index (χ0v) is 8.68. The maximum atomic E-state index is 9.99. The van der Waals surface area contributed by atoms with E-state index < -0.39 is 11.2 Å². The number of ether oxygens (including phenoxy) is 1. The van der Waals surface area contributed by atoms with Crippen LogP contribution in [-0.4, -0.2) is 22.9 Å². The average molecular weight is 182 g/mol. The van der Waals surface area contributed by atoms with Gasteiger partial charge in [-0.15, -0.1) is 5.92 Å². The van der Waals surface area contributed by atoms with Crippen LogP contribution in [-0.2, 0) is 4.74 Å². The van der Waals surface area contributed by atoms with Crippen LogP contribution >= 0.6 is 0 Å². The first kappa shape index (κ1) is 10.6. The number of hydrogen-bond donors (Lipinski definition) is 1. The molecule has 13 heavy (non-hydrogen) atoms. The van der Waals surface area contributed by atoms with Crippen LogP contribution in [0.25, 0.3) is 0 Å². The molecule has 1 rings (SSSR count). The molecule has 1 fully saturated rings. The molecule has 1 heterocycles. The SMILES string of the molecule is CCCC#CC1(C(C)(O)CC)CO1. The first-order valence-corrected chi connectivity index (χ1v) is 4.94. The summed E-state index contributed by atoms with van der Waals surface area (Å²) in [5.74, 6) is 6.08. The molecule has 0 bridgehead atoms. The molecule has 2 unspecified atom stereocenters. The van der Waals surface area contributed by atoms with Gasteiger partial charge in [-0.3, -0.25) is 0 Å². The Hall–Kier alpha value is -0.520. The molecule has 0 saturated carbocycles. The molecule has 0 aromatic carbocycles. The quantitative estimate of drug-likeness (QED) is 0.532. The number of aliphatic hydroxyl groups is 1. The zero-order valence-electron chi connectivity index (χ0n) is 8.68. The molecule has 0 spiro atoms. The zero-order chi connectivity index (χ0) is 9.95. The summed E-state index contributed by atoms with van der Waals surface area (Å²) in [7, 11) is 0. The van der Waals surface area contributed by atoms with E-state index in [1.165, 1.54) is 0 Å². The summed E-state index contributed by atoms with van der Waals surface area (Å²) in [6.45, 7) is 6.41. The van der Waals surface area contributed by atoms with Crippen LogP contribution in [0.2, 0.25) is 0 Å². The maximum absolute atomic E-state index is 9.99. The van der Waals surface area contributed by atoms with Gasteiger partial charge >= 0.3 is 0 Å². The molecule has 1 N–H and O–H groups in total. The van der Waals surface area contributed by atoms with Gasteiger partial charge in [0.05, 0.1) is 6.61 Å². The van der Waals surface area contributed by atoms with E-state index in [4.69, 9.17) is 4.74 Å². The minimum atomic E-state index is -0.798. The van der Waals surface area contributed by atoms with Gasteiger partial charge in [0.1, 0.15) is 5.60 Å². The van der Waals surface area contributed by atoms with Crippen molar-refractivity contribution in [1.29, 1.82) is 0 Å². The predicted octanol–water partition coefficient (Wildman–Crippen LogP) is 1.72. The van der Waals surface area contributed by atoms with Crippen molar-refractivity contribution in [1.82, 2.24) is 0 Å². The van der Waals surface area contributed by atoms with E-state index in [9.17, 15) is 5.11 Å². The summed E-state index contributed by atoms with van der Waals surface area (Å²) in [6.07, 6.45) is 2.61. The van der Waals surface area contributed by atoms with E-state index in [1.54, 1.807) is 6.92 Å². The molecular formula is C11H18O2. The summed E-state index contributed by atoms with van der Waals surface area (Å²) in [5.41, 5.74) is -1.36. The van der Waals surface area contributed by atoms with Gasteiger partial charge in [-0.25, -0.2) is 0 Å². The Morgan fingerprint density at radius 1 is 1.54 bits per heavy atom. The summed E-state index contributed by atoms with van der Waals surface area (Å²) >= 11 is 0. The van der Waals surface area contributed by atoms with Crippen LogP contribution in [0.4, 0.5) is 0 Å². The molecule has 2 nitrogen and oxygen atoms in total. The second-order valence-corrected chi connectivity index (χ2v) is 3.79. The topological polar surface area (TPSA) is 32.8 Å². The van der Waals surface area contributed by atoms with Crippen LogP contribution in [0, 0.1) is 11.8 Å². The van der Waals surface area contributed by atoms with Crippen molar-refractivity contribution in [2.45, 2.75) is 51.2 Å². The fourth-order valence-electron chi connectivity index (χ4n) is 1.21. The molecule has 0 aliphatic carbocycles. The van der Waals surface area contributed by atoms with Crippen LogP contribution in [0.15, 0.2) is 0 Å². The number of epoxide rings is 1. The van der Waals surface area contributed by atoms with Crippen molar-refractivity contribution in [2.24, 2.45) is 0 Å². The highest BCUT2D eigenvalue weighted by Gasteiger charge is 2.56. The van der Waals surface area contributed by atoms with E-state index >= 15 is 0 Å². The Balaban J connectivity index is 2.63. The van der Waals surface area contributed by atoms with E-state index in [0.717, 1.165) is 12.8 Å². The van der Waals surface area contributed by atoms with Gasteiger partial charge < -0.3 is 9.84 Å². The smallest absolute Gasteiger partial charge is 0.180 e. The Morgan fingerprint density at radius 3 is 2.54 bits per heavy atom. The molecule has 0 amide bonds. The van der Waals surface area contributed by atoms with Crippen LogP contribution in [0.3, 0.4) is 0 Å². The molecule has 74 valence electrons. The van der Waals surface area contributed by atoms with Gasteiger partial charge in [0.25, 0.3) is 0 Å². The van der Waals surface area contributed by atoms with Crippen molar-refractivity contribution in [3.8, 4) is 11.8 Å². The van der Waals surface area contributed by atoms with Gasteiger partial charge in [-0.2, -0.15) is 0 Å². The van der Waals surface area contributed by atoms with E-state index in [1.807, 2.05) is 6.92 Å². The summed E-state index contributed by atoms with van der Waals surface area (Å²) < 4.78 is 5.27. The standard InChI is InChI=1S/C11H18O2/c1-4-6-7-8-11(9-13-11)10(3,12)5-2/h12H,4-6,9H2,1-3H3. The summed E-state index contributed by atoms with van der Waals surface area (Å²) in [6, 6.07) is 0. The van der Waals surface area contributed by atoms with E-state index in [-0.39, 0.29) is 0 Å². The van der Waals surface area contributed by atoms with Crippen LogP contribution < -0.4 is 0 Å². The normalized spacial score (nSPS) is 30.2. The van der Waals surface area contributed by atoms with Crippen molar-refractivity contribution < 1.29 is 9.84 Å². The number of unbranched alkanes of at least 4 members (excludes halogenated alkanes) is 1. The Kier molecular flexibility index (Phi) is 3.00. The van der Waals surface area contributed by atoms with Crippen LogP contribution in [0.5, 0.6) is 0 Å². The minimum Gasteiger partial charge on any atom is -0.386 e. The molecular weight excluding hydrogens is 164 g/mol. The maximum Gasteiger partial charge on any atom is 0.180 e. The average Bonchev–Trinajstić information content (AvgIpc) is 2.87. The lowest BCUT2D eigenvalue weighted by molar-refractivity contribution is -0.000730. The minimum absolute atomic E-state index is 0.559. The molecule has 0 aromatic rings. The predicted molar refractivity (Wildman–Crippen MR) is 52.3 cm³/mol. The lowest BCUT2D eigenvalue weighted by atomic mass is 9.87. The molecule has 1 saturated heterocycles. The molecule has 1 aliphatic heterocycles. The molecule has 0 radical (unpaired) electrons. The highest BCUT2D eigenvalue weighted by atomic mass is 16.6. The monoisotopic (exact) mass is 182 g/mol. The van der Waals surface area contributed by atoms with Gasteiger partial charge in [0.15, 0.2) is 5.60 Å². The van der Waals surface area contributed by atoms with Gasteiger partial charge in [-0.1, -0.05) is 19.8 Å². The van der Waals surface area contributed by atoms with Crippen molar-refractivity contribution in [3.05, 3.63) is 0 Å². The third-order valence-electron chi connectivity index (χ3n) is 2.66. The van der Waals surface area contributed by atoms with Gasteiger partial charge in [-0.05, 0) is 19.8 Å². The van der Waals surface area contributed by atoms with E-state index in [0.29, 0.717) is 13.0 Å². The third kappa shape index (κ3) is 2.04. The first-order chi connectivity index (χ1) is 6.08. The lowest BCUT2D eigenvalue weighted by Crippen LogP contribution is -2.41. The summed E-state index contributed by atoms with van der Waals surface area (Å²) in [5, 5.41) is 9.99. The van der Waals surface area contributed by atoms with Crippen LogP contribution in [0.1, 0.15) is 40.0 Å². The molecule has 2 heteroatoms. The molecule has 2 atom stereocenters. The Bertz CT molecular complexity index is 228. The Morgan fingerprint density at radius 2 is 2.15 bits per heavy atom. The van der Waals surface area contributed by atoms with Gasteiger partial charge in [0.2, 0.25) is 0 Å². The van der Waals surface area contributed by atoms with Gasteiger partial charge in [0, 0.05) is 6.42 Å². The largest absolute Gasteiger partial charge is 0.386 e. The Labute approximate surface area is 80.3 Å².